The molecule has 28 heavy (non-hydrogen) atoms. The summed E-state index contributed by atoms with van der Waals surface area (Å²) >= 11 is 0. The van der Waals surface area contributed by atoms with Crippen molar-refractivity contribution in [2.24, 2.45) is 0 Å². The second-order valence-corrected chi connectivity index (χ2v) is 6.99. The number of nitrogens with zero attached hydrogens (tertiary/aromatic N) is 3. The fourth-order valence-electron chi connectivity index (χ4n) is 3.35. The normalized spacial score (nSPS) is 15.0. The van der Waals surface area contributed by atoms with E-state index < -0.39 is 22.4 Å². The fourth-order valence-corrected chi connectivity index (χ4v) is 3.35. The number of nitro benzene ring substituents is 1. The van der Waals surface area contributed by atoms with Crippen LogP contribution < -0.4 is 4.90 Å². The van der Waals surface area contributed by atoms with Crippen LogP contribution in [-0.2, 0) is 11.0 Å². The summed E-state index contributed by atoms with van der Waals surface area (Å²) in [6, 6.07) is 2.57. The van der Waals surface area contributed by atoms with Crippen molar-refractivity contribution < 1.29 is 22.9 Å². The zero-order valence-electron chi connectivity index (χ0n) is 16.0. The highest BCUT2D eigenvalue weighted by atomic mass is 19.4. The van der Waals surface area contributed by atoms with Crippen molar-refractivity contribution in [2.45, 2.75) is 51.6 Å². The molecule has 0 spiro atoms. The molecule has 1 aliphatic heterocycles. The van der Waals surface area contributed by atoms with Crippen molar-refractivity contribution >= 4 is 17.3 Å². The molecular formula is C19H26F3N3O3. The minimum absolute atomic E-state index is 0.0677. The SMILES string of the molecule is CCCCCCCC(=O)N1CCN(c2ccc(C(F)(F)F)cc2[N+](=O)[O-])CC1. The van der Waals surface area contributed by atoms with Gasteiger partial charge in [-0.15, -0.1) is 0 Å². The summed E-state index contributed by atoms with van der Waals surface area (Å²) in [7, 11) is 0. The van der Waals surface area contributed by atoms with Gasteiger partial charge in [-0.05, 0) is 18.6 Å². The summed E-state index contributed by atoms with van der Waals surface area (Å²) in [6.07, 6.45) is 1.16. The number of alkyl halides is 3. The highest BCUT2D eigenvalue weighted by Crippen LogP contribution is 2.36. The molecule has 9 heteroatoms. The molecule has 0 atom stereocenters. The summed E-state index contributed by atoms with van der Waals surface area (Å²) in [5.41, 5.74) is -1.45. The summed E-state index contributed by atoms with van der Waals surface area (Å²) in [5, 5.41) is 11.3. The van der Waals surface area contributed by atoms with Crippen LogP contribution in [0.25, 0.3) is 0 Å². The van der Waals surface area contributed by atoms with Gasteiger partial charge in [-0.25, -0.2) is 0 Å². The molecule has 0 unspecified atom stereocenters. The smallest absolute Gasteiger partial charge is 0.362 e. The Balaban J connectivity index is 1.95. The Bertz CT molecular complexity index is 687. The van der Waals surface area contributed by atoms with Crippen LogP contribution in [0.3, 0.4) is 0 Å². The number of carbonyl (C=O) groups excluding carboxylic acids is 1. The molecule has 156 valence electrons. The van der Waals surface area contributed by atoms with Crippen LogP contribution in [0.5, 0.6) is 0 Å². The van der Waals surface area contributed by atoms with Gasteiger partial charge in [-0.3, -0.25) is 14.9 Å². The molecule has 0 aromatic heterocycles. The lowest BCUT2D eigenvalue weighted by molar-refractivity contribution is -0.384. The minimum atomic E-state index is -4.63. The van der Waals surface area contributed by atoms with Gasteiger partial charge in [0.15, 0.2) is 0 Å². The van der Waals surface area contributed by atoms with Crippen LogP contribution in [0.15, 0.2) is 18.2 Å². The largest absolute Gasteiger partial charge is 0.416 e. The first kappa shape index (κ1) is 22.0. The van der Waals surface area contributed by atoms with Gasteiger partial charge in [0.1, 0.15) is 5.69 Å². The first-order valence-electron chi connectivity index (χ1n) is 9.62. The molecular weight excluding hydrogens is 375 g/mol. The maximum absolute atomic E-state index is 12.8. The number of carbonyl (C=O) groups is 1. The number of halogens is 3. The first-order valence-corrected chi connectivity index (χ1v) is 9.62. The summed E-state index contributed by atoms with van der Waals surface area (Å²) in [5.74, 6) is 0.0677. The van der Waals surface area contributed by atoms with E-state index in [1.165, 1.54) is 6.42 Å². The number of hydrogen-bond donors (Lipinski definition) is 0. The van der Waals surface area contributed by atoms with Crippen molar-refractivity contribution in [1.29, 1.82) is 0 Å². The summed E-state index contributed by atoms with van der Waals surface area (Å²) < 4.78 is 38.5. The monoisotopic (exact) mass is 401 g/mol. The average Bonchev–Trinajstić information content (AvgIpc) is 2.66. The number of piperazine rings is 1. The second-order valence-electron chi connectivity index (χ2n) is 6.99. The number of amides is 1. The van der Waals surface area contributed by atoms with Gasteiger partial charge in [0, 0.05) is 38.7 Å². The number of benzene rings is 1. The van der Waals surface area contributed by atoms with Crippen LogP contribution in [-0.4, -0.2) is 41.9 Å². The Hall–Kier alpha value is -2.32. The van der Waals surface area contributed by atoms with E-state index in [4.69, 9.17) is 0 Å². The number of nitro groups is 1. The maximum atomic E-state index is 12.8. The Morgan fingerprint density at radius 3 is 2.32 bits per heavy atom. The standard InChI is InChI=1S/C19H26F3N3O3/c1-2-3-4-5-6-7-18(26)24-12-10-23(11-13-24)16-9-8-15(19(20,21)22)14-17(16)25(27)28/h8-9,14H,2-7,10-13H2,1H3. The van der Waals surface area contributed by atoms with E-state index in [-0.39, 0.29) is 11.6 Å². The van der Waals surface area contributed by atoms with Gasteiger partial charge in [0.25, 0.3) is 5.69 Å². The fraction of sp³-hybridized carbons (Fsp3) is 0.632. The highest BCUT2D eigenvalue weighted by Gasteiger charge is 2.34. The Morgan fingerprint density at radius 2 is 1.75 bits per heavy atom. The third kappa shape index (κ3) is 5.84. The zero-order valence-corrected chi connectivity index (χ0v) is 16.0. The van der Waals surface area contributed by atoms with Gasteiger partial charge in [0.05, 0.1) is 10.5 Å². The highest BCUT2D eigenvalue weighted by molar-refractivity contribution is 5.76. The van der Waals surface area contributed by atoms with E-state index in [1.807, 2.05) is 0 Å². The maximum Gasteiger partial charge on any atom is 0.416 e. The average molecular weight is 401 g/mol. The number of unbranched alkanes of at least 4 members (excludes halogenated alkanes) is 4. The Morgan fingerprint density at radius 1 is 1.11 bits per heavy atom. The molecule has 1 aliphatic rings. The van der Waals surface area contributed by atoms with Crippen molar-refractivity contribution in [2.75, 3.05) is 31.1 Å². The number of anilines is 1. The molecule has 2 rings (SSSR count). The van der Waals surface area contributed by atoms with Crippen molar-refractivity contribution in [3.05, 3.63) is 33.9 Å². The lowest BCUT2D eigenvalue weighted by Crippen LogP contribution is -2.48. The van der Waals surface area contributed by atoms with E-state index in [9.17, 15) is 28.1 Å². The van der Waals surface area contributed by atoms with E-state index in [1.54, 1.807) is 9.80 Å². The molecule has 1 amide bonds. The number of hydrogen-bond acceptors (Lipinski definition) is 4. The topological polar surface area (TPSA) is 66.7 Å². The Kier molecular flexibility index (Phi) is 7.65. The summed E-state index contributed by atoms with van der Waals surface area (Å²) in [6.45, 7) is 3.66. The van der Waals surface area contributed by atoms with E-state index in [0.717, 1.165) is 37.8 Å². The van der Waals surface area contributed by atoms with E-state index >= 15 is 0 Å². The lowest BCUT2D eigenvalue weighted by Gasteiger charge is -2.36. The van der Waals surface area contributed by atoms with Crippen LogP contribution in [0.4, 0.5) is 24.5 Å². The molecule has 1 aromatic rings. The second kappa shape index (κ2) is 9.75. The minimum Gasteiger partial charge on any atom is -0.362 e. The summed E-state index contributed by atoms with van der Waals surface area (Å²) in [4.78, 5) is 26.1. The van der Waals surface area contributed by atoms with Crippen LogP contribution in [0.2, 0.25) is 0 Å². The molecule has 0 bridgehead atoms. The first-order chi connectivity index (χ1) is 13.2. The van der Waals surface area contributed by atoms with Gasteiger partial charge in [-0.1, -0.05) is 32.6 Å². The molecule has 1 fully saturated rings. The van der Waals surface area contributed by atoms with Gasteiger partial charge in [-0.2, -0.15) is 13.2 Å². The molecule has 1 heterocycles. The van der Waals surface area contributed by atoms with Gasteiger partial charge >= 0.3 is 6.18 Å². The molecule has 0 radical (unpaired) electrons. The third-order valence-electron chi connectivity index (χ3n) is 4.97. The number of rotatable bonds is 8. The zero-order chi connectivity index (χ0) is 20.7. The predicted octanol–water partition coefficient (Wildman–Crippen LogP) is 4.62. The molecule has 1 aromatic carbocycles. The van der Waals surface area contributed by atoms with E-state index in [0.29, 0.717) is 38.7 Å². The van der Waals surface area contributed by atoms with Crippen LogP contribution >= 0.6 is 0 Å². The molecule has 6 nitrogen and oxygen atoms in total. The molecule has 1 saturated heterocycles. The van der Waals surface area contributed by atoms with Gasteiger partial charge < -0.3 is 9.80 Å². The quantitative estimate of drug-likeness (QED) is 0.362. The third-order valence-corrected chi connectivity index (χ3v) is 4.97. The van der Waals surface area contributed by atoms with Crippen LogP contribution in [0.1, 0.15) is 51.0 Å². The molecule has 0 saturated carbocycles. The van der Waals surface area contributed by atoms with Gasteiger partial charge in [0.2, 0.25) is 5.91 Å². The van der Waals surface area contributed by atoms with Crippen molar-refractivity contribution in [3.8, 4) is 0 Å². The molecule has 0 N–H and O–H groups in total. The van der Waals surface area contributed by atoms with E-state index in [2.05, 4.69) is 6.92 Å². The lowest BCUT2D eigenvalue weighted by atomic mass is 10.1. The predicted molar refractivity (Wildman–Crippen MR) is 100 cm³/mol. The van der Waals surface area contributed by atoms with Crippen molar-refractivity contribution in [3.63, 3.8) is 0 Å². The molecule has 0 aliphatic carbocycles. The van der Waals surface area contributed by atoms with Crippen LogP contribution in [0, 0.1) is 10.1 Å². The Labute approximate surface area is 162 Å². The van der Waals surface area contributed by atoms with Crippen molar-refractivity contribution in [1.82, 2.24) is 4.90 Å².